The van der Waals surface area contributed by atoms with Crippen molar-refractivity contribution in [3.8, 4) is 23.1 Å². The van der Waals surface area contributed by atoms with E-state index in [4.69, 9.17) is 9.40 Å². The molecule has 0 fully saturated rings. The van der Waals surface area contributed by atoms with Gasteiger partial charge in [0.1, 0.15) is 17.2 Å². The molecule has 5 heterocycles. The zero-order chi connectivity index (χ0) is 21.4. The molecule has 0 radical (unpaired) electrons. The van der Waals surface area contributed by atoms with Crippen molar-refractivity contribution in [3.63, 3.8) is 0 Å². The number of rotatable bonds is 6. The second kappa shape index (κ2) is 7.71. The van der Waals surface area contributed by atoms with E-state index in [1.54, 1.807) is 31.5 Å². The summed E-state index contributed by atoms with van der Waals surface area (Å²) in [5.41, 5.74) is 2.75. The smallest absolute Gasteiger partial charge is 0.266 e. The number of nitrogens with zero attached hydrogens (tertiary/aromatic N) is 8. The van der Waals surface area contributed by atoms with Crippen molar-refractivity contribution in [2.75, 3.05) is 0 Å². The van der Waals surface area contributed by atoms with E-state index in [0.29, 0.717) is 35.5 Å². The van der Waals surface area contributed by atoms with Gasteiger partial charge in [-0.1, -0.05) is 13.0 Å². The highest BCUT2D eigenvalue weighted by molar-refractivity contribution is 5.78. The Balaban J connectivity index is 1.55. The van der Waals surface area contributed by atoms with Crippen LogP contribution in [0.4, 0.5) is 4.39 Å². The lowest BCUT2D eigenvalue weighted by Gasteiger charge is -2.10. The highest BCUT2D eigenvalue weighted by atomic mass is 19.1. The van der Waals surface area contributed by atoms with Gasteiger partial charge < -0.3 is 13.6 Å². The van der Waals surface area contributed by atoms with Gasteiger partial charge in [0.25, 0.3) is 5.89 Å². The molecule has 9 nitrogen and oxygen atoms in total. The molecule has 156 valence electrons. The Morgan fingerprint density at radius 2 is 2.00 bits per heavy atom. The average Bonchev–Trinajstić information content (AvgIpc) is 3.48. The summed E-state index contributed by atoms with van der Waals surface area (Å²) in [6.45, 7) is 5.09. The summed E-state index contributed by atoms with van der Waals surface area (Å²) in [6, 6.07) is 6.52. The minimum Gasteiger partial charge on any atom is -0.420 e. The summed E-state index contributed by atoms with van der Waals surface area (Å²) >= 11 is 0. The second-order valence-corrected chi connectivity index (χ2v) is 7.09. The van der Waals surface area contributed by atoms with Crippen molar-refractivity contribution < 1.29 is 8.81 Å². The quantitative estimate of drug-likeness (QED) is 0.388. The highest BCUT2D eigenvalue weighted by Crippen LogP contribution is 2.24. The number of imidazole rings is 2. The molecular weight excluding hydrogens is 399 g/mol. The van der Waals surface area contributed by atoms with E-state index in [0.717, 1.165) is 29.8 Å². The summed E-state index contributed by atoms with van der Waals surface area (Å²) in [5.74, 6) is 1.72. The first kappa shape index (κ1) is 19.0. The lowest BCUT2D eigenvalue weighted by Crippen LogP contribution is -2.10. The fraction of sp³-hybridized carbons (Fsp3) is 0.238. The SMILES string of the molecule is CCCn1c(Cn2ccnc2-c2cccc(F)n2)nc2cc(-c3nnc(C)o3)ncc21. The summed E-state index contributed by atoms with van der Waals surface area (Å²) in [4.78, 5) is 17.7. The Bertz CT molecular complexity index is 1370. The maximum atomic E-state index is 13.6. The van der Waals surface area contributed by atoms with E-state index in [9.17, 15) is 4.39 Å². The summed E-state index contributed by atoms with van der Waals surface area (Å²) < 4.78 is 23.1. The van der Waals surface area contributed by atoms with Crippen LogP contribution < -0.4 is 0 Å². The van der Waals surface area contributed by atoms with Crippen LogP contribution in [0.15, 0.2) is 47.3 Å². The van der Waals surface area contributed by atoms with Crippen molar-refractivity contribution >= 4 is 11.0 Å². The molecule has 0 aliphatic heterocycles. The molecule has 0 amide bonds. The molecule has 0 aromatic carbocycles. The van der Waals surface area contributed by atoms with Crippen LogP contribution in [-0.4, -0.2) is 39.3 Å². The van der Waals surface area contributed by atoms with Gasteiger partial charge in [0.05, 0.1) is 23.8 Å². The van der Waals surface area contributed by atoms with Crippen molar-refractivity contribution in [1.82, 2.24) is 39.3 Å². The number of halogens is 1. The molecule has 31 heavy (non-hydrogen) atoms. The Kier molecular flexibility index (Phi) is 4.73. The molecule has 0 saturated carbocycles. The maximum Gasteiger partial charge on any atom is 0.266 e. The van der Waals surface area contributed by atoms with Crippen LogP contribution in [0.1, 0.15) is 25.1 Å². The van der Waals surface area contributed by atoms with Gasteiger partial charge in [-0.05, 0) is 24.6 Å². The van der Waals surface area contributed by atoms with Gasteiger partial charge in [0.2, 0.25) is 11.8 Å². The van der Waals surface area contributed by atoms with Gasteiger partial charge in [0.15, 0.2) is 5.82 Å². The molecule has 0 bridgehead atoms. The van der Waals surface area contributed by atoms with E-state index in [1.807, 2.05) is 16.8 Å². The van der Waals surface area contributed by atoms with Gasteiger partial charge in [-0.3, -0.25) is 0 Å². The van der Waals surface area contributed by atoms with Crippen LogP contribution >= 0.6 is 0 Å². The Labute approximate surface area is 176 Å². The third-order valence-corrected chi connectivity index (χ3v) is 4.88. The van der Waals surface area contributed by atoms with Crippen LogP contribution in [0.25, 0.3) is 34.1 Å². The molecule has 0 aliphatic rings. The molecular formula is C21H19FN8O. The second-order valence-electron chi connectivity index (χ2n) is 7.09. The monoisotopic (exact) mass is 418 g/mol. The lowest BCUT2D eigenvalue weighted by molar-refractivity contribution is 0.531. The fourth-order valence-corrected chi connectivity index (χ4v) is 3.54. The fourth-order valence-electron chi connectivity index (χ4n) is 3.54. The van der Waals surface area contributed by atoms with Crippen LogP contribution in [0, 0.1) is 12.9 Å². The van der Waals surface area contributed by atoms with Crippen LogP contribution in [0.3, 0.4) is 0 Å². The number of hydrogen-bond acceptors (Lipinski definition) is 7. The Morgan fingerprint density at radius 3 is 2.77 bits per heavy atom. The minimum atomic E-state index is -0.542. The molecule has 10 heteroatoms. The maximum absolute atomic E-state index is 13.6. The lowest BCUT2D eigenvalue weighted by atomic mass is 10.3. The molecule has 5 aromatic rings. The van der Waals surface area contributed by atoms with Crippen molar-refractivity contribution in [3.05, 3.63) is 60.5 Å². The van der Waals surface area contributed by atoms with Crippen molar-refractivity contribution in [2.45, 2.75) is 33.4 Å². The normalized spacial score (nSPS) is 11.5. The van der Waals surface area contributed by atoms with Crippen molar-refractivity contribution in [1.29, 1.82) is 0 Å². The largest absolute Gasteiger partial charge is 0.420 e. The van der Waals surface area contributed by atoms with E-state index < -0.39 is 5.95 Å². The molecule has 0 aliphatic carbocycles. The zero-order valence-corrected chi connectivity index (χ0v) is 17.0. The van der Waals surface area contributed by atoms with Gasteiger partial charge >= 0.3 is 0 Å². The van der Waals surface area contributed by atoms with Crippen LogP contribution in [-0.2, 0) is 13.1 Å². The molecule has 0 spiro atoms. The van der Waals surface area contributed by atoms with E-state index in [-0.39, 0.29) is 0 Å². The van der Waals surface area contributed by atoms with Gasteiger partial charge in [0, 0.05) is 25.9 Å². The third-order valence-electron chi connectivity index (χ3n) is 4.88. The first-order valence-electron chi connectivity index (χ1n) is 9.92. The molecule has 0 N–H and O–H groups in total. The third kappa shape index (κ3) is 3.56. The molecule has 0 saturated heterocycles. The van der Waals surface area contributed by atoms with Gasteiger partial charge in [-0.2, -0.15) is 4.39 Å². The highest BCUT2D eigenvalue weighted by Gasteiger charge is 2.17. The Hall–Kier alpha value is -3.95. The van der Waals surface area contributed by atoms with E-state index in [2.05, 4.69) is 36.6 Å². The minimum absolute atomic E-state index is 0.361. The standard InChI is InChI=1S/C21H19FN8O/c1-3-8-30-17-11-24-16(21-28-27-13(2)31-21)10-15(17)26-19(30)12-29-9-7-23-20(29)14-5-4-6-18(22)25-14/h4-7,9-11H,3,8,12H2,1-2H3. The molecule has 0 atom stereocenters. The van der Waals surface area contributed by atoms with Crippen LogP contribution in [0.2, 0.25) is 0 Å². The first-order chi connectivity index (χ1) is 15.1. The number of pyridine rings is 2. The van der Waals surface area contributed by atoms with Crippen molar-refractivity contribution in [2.24, 2.45) is 0 Å². The van der Waals surface area contributed by atoms with Gasteiger partial charge in [-0.15, -0.1) is 10.2 Å². The number of hydrogen-bond donors (Lipinski definition) is 0. The van der Waals surface area contributed by atoms with Gasteiger partial charge in [-0.25, -0.2) is 19.9 Å². The molecule has 5 rings (SSSR count). The predicted octanol–water partition coefficient (Wildman–Crippen LogP) is 3.65. The topological polar surface area (TPSA) is 100 Å². The molecule has 5 aromatic heterocycles. The Morgan fingerprint density at radius 1 is 1.10 bits per heavy atom. The average molecular weight is 418 g/mol. The van der Waals surface area contributed by atoms with Crippen LogP contribution in [0.5, 0.6) is 0 Å². The van der Waals surface area contributed by atoms with E-state index >= 15 is 0 Å². The number of aryl methyl sites for hydroxylation is 2. The summed E-state index contributed by atoms with van der Waals surface area (Å²) in [6.07, 6.45) is 6.22. The zero-order valence-electron chi connectivity index (χ0n) is 17.0. The summed E-state index contributed by atoms with van der Waals surface area (Å²) in [7, 11) is 0. The predicted molar refractivity (Wildman–Crippen MR) is 110 cm³/mol. The van der Waals surface area contributed by atoms with E-state index in [1.165, 1.54) is 6.07 Å². The number of fused-ring (bicyclic) bond motifs is 1. The number of aromatic nitrogens is 8. The first-order valence-corrected chi connectivity index (χ1v) is 9.92. The molecule has 0 unspecified atom stereocenters. The summed E-state index contributed by atoms with van der Waals surface area (Å²) in [5, 5.41) is 7.90.